The van der Waals surface area contributed by atoms with Crippen LogP contribution in [-0.4, -0.2) is 23.8 Å². The van der Waals surface area contributed by atoms with E-state index in [1.54, 1.807) is 0 Å². The highest BCUT2D eigenvalue weighted by Crippen LogP contribution is 2.23. The molecule has 0 aliphatic carbocycles. The van der Waals surface area contributed by atoms with Gasteiger partial charge in [0.15, 0.2) is 0 Å². The highest BCUT2D eigenvalue weighted by atomic mass is 32.2. The molecule has 0 spiro atoms. The van der Waals surface area contributed by atoms with Crippen molar-refractivity contribution in [2.24, 2.45) is 0 Å². The van der Waals surface area contributed by atoms with Crippen molar-refractivity contribution in [3.8, 4) is 0 Å². The molecule has 0 radical (unpaired) electrons. The maximum absolute atomic E-state index is 3.55. The van der Waals surface area contributed by atoms with E-state index in [2.05, 4.69) is 35.8 Å². The van der Waals surface area contributed by atoms with Gasteiger partial charge in [-0.1, -0.05) is 12.1 Å². The van der Waals surface area contributed by atoms with E-state index in [0.29, 0.717) is 6.04 Å². The van der Waals surface area contributed by atoms with Crippen molar-refractivity contribution in [3.05, 3.63) is 29.8 Å². The van der Waals surface area contributed by atoms with Crippen molar-refractivity contribution in [2.45, 2.75) is 11.8 Å². The largest absolute Gasteiger partial charge is 0.381 e. The number of hydrogen-bond acceptors (Lipinski definition) is 3. The van der Waals surface area contributed by atoms with E-state index in [1.807, 2.05) is 23.5 Å². The molecule has 1 aromatic rings. The van der Waals surface area contributed by atoms with Crippen LogP contribution >= 0.6 is 23.5 Å². The minimum atomic E-state index is 0.699. The van der Waals surface area contributed by atoms with Gasteiger partial charge in [0.25, 0.3) is 0 Å². The first-order valence-corrected chi connectivity index (χ1v) is 7.35. The molecule has 0 atom stereocenters. The van der Waals surface area contributed by atoms with Gasteiger partial charge in [-0.3, -0.25) is 0 Å². The summed E-state index contributed by atoms with van der Waals surface area (Å²) in [6.45, 7) is 0. The SMILES string of the molecule is CSCc1cccc(NC2CSC2)c1. The Morgan fingerprint density at radius 2 is 2.36 bits per heavy atom. The molecule has 0 aromatic heterocycles. The van der Waals surface area contributed by atoms with Crippen LogP contribution < -0.4 is 5.32 Å². The molecule has 0 amide bonds. The van der Waals surface area contributed by atoms with E-state index in [4.69, 9.17) is 0 Å². The first-order valence-electron chi connectivity index (χ1n) is 4.80. The Morgan fingerprint density at radius 1 is 1.50 bits per heavy atom. The summed E-state index contributed by atoms with van der Waals surface area (Å²) in [5.41, 5.74) is 2.69. The number of nitrogens with one attached hydrogen (secondary N) is 1. The maximum atomic E-state index is 3.55. The Hall–Kier alpha value is -0.280. The highest BCUT2D eigenvalue weighted by Gasteiger charge is 2.17. The van der Waals surface area contributed by atoms with Gasteiger partial charge in [-0.25, -0.2) is 0 Å². The molecule has 1 nitrogen and oxygen atoms in total. The molecule has 1 N–H and O–H groups in total. The van der Waals surface area contributed by atoms with Crippen LogP contribution in [0, 0.1) is 0 Å². The standard InChI is InChI=1S/C11H15NS2/c1-13-6-9-3-2-4-10(5-9)12-11-7-14-8-11/h2-5,11-12H,6-8H2,1H3. The number of hydrogen-bond donors (Lipinski definition) is 1. The van der Waals surface area contributed by atoms with E-state index in [1.165, 1.54) is 22.8 Å². The third-order valence-electron chi connectivity index (χ3n) is 2.25. The van der Waals surface area contributed by atoms with Crippen molar-refractivity contribution in [3.63, 3.8) is 0 Å². The van der Waals surface area contributed by atoms with Crippen molar-refractivity contribution in [1.29, 1.82) is 0 Å². The van der Waals surface area contributed by atoms with Crippen molar-refractivity contribution >= 4 is 29.2 Å². The van der Waals surface area contributed by atoms with E-state index in [-0.39, 0.29) is 0 Å². The van der Waals surface area contributed by atoms with E-state index < -0.39 is 0 Å². The number of thioether (sulfide) groups is 2. The fraction of sp³-hybridized carbons (Fsp3) is 0.455. The van der Waals surface area contributed by atoms with Crippen LogP contribution in [0.5, 0.6) is 0 Å². The average molecular weight is 225 g/mol. The molecular weight excluding hydrogens is 210 g/mol. The van der Waals surface area contributed by atoms with Crippen molar-refractivity contribution < 1.29 is 0 Å². The Kier molecular flexibility index (Phi) is 3.65. The van der Waals surface area contributed by atoms with Crippen LogP contribution in [0.2, 0.25) is 0 Å². The first kappa shape index (κ1) is 10.2. The normalized spacial score (nSPS) is 16.4. The highest BCUT2D eigenvalue weighted by molar-refractivity contribution is 8.00. The number of anilines is 1. The minimum absolute atomic E-state index is 0.699. The predicted molar refractivity (Wildman–Crippen MR) is 68.4 cm³/mol. The smallest absolute Gasteiger partial charge is 0.0442 e. The van der Waals surface area contributed by atoms with Gasteiger partial charge in [-0.05, 0) is 24.0 Å². The van der Waals surface area contributed by atoms with Crippen LogP contribution in [0.1, 0.15) is 5.56 Å². The summed E-state index contributed by atoms with van der Waals surface area (Å²) in [5.74, 6) is 3.62. The van der Waals surface area contributed by atoms with Crippen molar-refractivity contribution in [2.75, 3.05) is 23.1 Å². The van der Waals surface area contributed by atoms with Crippen LogP contribution in [0.3, 0.4) is 0 Å². The minimum Gasteiger partial charge on any atom is -0.381 e. The molecule has 0 unspecified atom stereocenters. The lowest BCUT2D eigenvalue weighted by atomic mass is 10.2. The molecule has 1 aliphatic heterocycles. The molecule has 0 saturated carbocycles. The van der Waals surface area contributed by atoms with Crippen LogP contribution in [0.4, 0.5) is 5.69 Å². The van der Waals surface area contributed by atoms with E-state index >= 15 is 0 Å². The first-order chi connectivity index (χ1) is 6.88. The quantitative estimate of drug-likeness (QED) is 0.846. The Bertz CT molecular complexity index is 297. The molecule has 76 valence electrons. The molecule has 1 aliphatic rings. The summed E-state index contributed by atoms with van der Waals surface area (Å²) in [6.07, 6.45) is 2.14. The van der Waals surface area contributed by atoms with Crippen molar-refractivity contribution in [1.82, 2.24) is 0 Å². The molecule has 1 fully saturated rings. The number of benzene rings is 1. The van der Waals surface area contributed by atoms with E-state index in [9.17, 15) is 0 Å². The third-order valence-corrected chi connectivity index (χ3v) is 4.14. The second-order valence-electron chi connectivity index (χ2n) is 3.51. The fourth-order valence-electron chi connectivity index (χ4n) is 1.47. The molecule has 1 saturated heterocycles. The second kappa shape index (κ2) is 4.99. The summed E-state index contributed by atoms with van der Waals surface area (Å²) >= 11 is 3.88. The summed E-state index contributed by atoms with van der Waals surface area (Å²) < 4.78 is 0. The van der Waals surface area contributed by atoms with Gasteiger partial charge in [0.05, 0.1) is 0 Å². The molecule has 1 aromatic carbocycles. The maximum Gasteiger partial charge on any atom is 0.0442 e. The Balaban J connectivity index is 1.97. The van der Waals surface area contributed by atoms with Crippen LogP contribution in [0.25, 0.3) is 0 Å². The summed E-state index contributed by atoms with van der Waals surface area (Å²) in [6, 6.07) is 9.45. The average Bonchev–Trinajstić information content (AvgIpc) is 2.13. The Morgan fingerprint density at radius 3 is 3.00 bits per heavy atom. The molecule has 14 heavy (non-hydrogen) atoms. The summed E-state index contributed by atoms with van der Waals surface area (Å²) in [5, 5.41) is 3.55. The van der Waals surface area contributed by atoms with Gasteiger partial charge in [0, 0.05) is 29.0 Å². The fourth-order valence-corrected chi connectivity index (χ4v) is 2.62. The summed E-state index contributed by atoms with van der Waals surface area (Å²) in [7, 11) is 0. The topological polar surface area (TPSA) is 12.0 Å². The molecule has 3 heteroatoms. The predicted octanol–water partition coefficient (Wildman–Crippen LogP) is 3.08. The second-order valence-corrected chi connectivity index (χ2v) is 5.45. The molecular formula is C11H15NS2. The zero-order valence-electron chi connectivity index (χ0n) is 8.32. The number of rotatable bonds is 4. The van der Waals surface area contributed by atoms with E-state index in [0.717, 1.165) is 5.75 Å². The lowest BCUT2D eigenvalue weighted by Crippen LogP contribution is -2.33. The molecule has 0 bridgehead atoms. The lowest BCUT2D eigenvalue weighted by molar-refractivity contribution is 0.882. The van der Waals surface area contributed by atoms with Gasteiger partial charge in [0.2, 0.25) is 0 Å². The van der Waals surface area contributed by atoms with Gasteiger partial charge in [-0.15, -0.1) is 0 Å². The lowest BCUT2D eigenvalue weighted by Gasteiger charge is -2.27. The molecule has 2 rings (SSSR count). The Labute approximate surface area is 94.0 Å². The van der Waals surface area contributed by atoms with Gasteiger partial charge in [-0.2, -0.15) is 23.5 Å². The zero-order valence-corrected chi connectivity index (χ0v) is 9.96. The summed E-state index contributed by atoms with van der Waals surface area (Å²) in [4.78, 5) is 0. The van der Waals surface area contributed by atoms with Gasteiger partial charge in [0.1, 0.15) is 0 Å². The monoisotopic (exact) mass is 225 g/mol. The zero-order chi connectivity index (χ0) is 9.80. The van der Waals surface area contributed by atoms with Gasteiger partial charge < -0.3 is 5.32 Å². The molecule has 1 heterocycles. The van der Waals surface area contributed by atoms with Crippen LogP contribution in [-0.2, 0) is 5.75 Å². The van der Waals surface area contributed by atoms with Crippen LogP contribution in [0.15, 0.2) is 24.3 Å². The third kappa shape index (κ3) is 2.61. The van der Waals surface area contributed by atoms with Gasteiger partial charge >= 0.3 is 0 Å².